The number of hydrogen-bond acceptors (Lipinski definition) is 4. The third-order valence-corrected chi connectivity index (χ3v) is 2.92. The summed E-state index contributed by atoms with van der Waals surface area (Å²) >= 11 is 0. The average Bonchev–Trinajstić information content (AvgIpc) is 2.35. The second kappa shape index (κ2) is 7.90. The Hall–Kier alpha value is -1.32. The average molecular weight is 251 g/mol. The zero-order chi connectivity index (χ0) is 13.4. The van der Waals surface area contributed by atoms with Crippen molar-refractivity contribution in [3.05, 3.63) is 11.9 Å². The molecule has 1 atom stereocenters. The van der Waals surface area contributed by atoms with E-state index < -0.39 is 0 Å². The fourth-order valence-corrected chi connectivity index (χ4v) is 2.02. The summed E-state index contributed by atoms with van der Waals surface area (Å²) in [5.74, 6) is 2.23. The van der Waals surface area contributed by atoms with Crippen molar-refractivity contribution < 1.29 is 4.74 Å². The largest absolute Gasteiger partial charge is 0.481 e. The highest BCUT2D eigenvalue weighted by molar-refractivity contribution is 5.39. The molecule has 4 heteroatoms. The summed E-state index contributed by atoms with van der Waals surface area (Å²) in [7, 11) is 1.63. The number of methoxy groups -OCH3 is 1. The second-order valence-electron chi connectivity index (χ2n) is 4.61. The Balaban J connectivity index is 2.69. The van der Waals surface area contributed by atoms with Gasteiger partial charge in [0.25, 0.3) is 0 Å². The molecule has 0 aliphatic carbocycles. The van der Waals surface area contributed by atoms with Crippen molar-refractivity contribution in [2.75, 3.05) is 12.4 Å². The fourth-order valence-electron chi connectivity index (χ4n) is 2.02. The van der Waals surface area contributed by atoms with E-state index in [1.54, 1.807) is 7.11 Å². The van der Waals surface area contributed by atoms with Crippen LogP contribution < -0.4 is 10.1 Å². The minimum Gasteiger partial charge on any atom is -0.481 e. The molecule has 0 bridgehead atoms. The molecule has 0 saturated carbocycles. The van der Waals surface area contributed by atoms with Gasteiger partial charge in [-0.1, -0.05) is 33.1 Å². The highest BCUT2D eigenvalue weighted by Gasteiger charge is 2.09. The van der Waals surface area contributed by atoms with E-state index in [0.29, 0.717) is 11.9 Å². The molecule has 18 heavy (non-hydrogen) atoms. The van der Waals surface area contributed by atoms with E-state index in [0.717, 1.165) is 11.6 Å². The summed E-state index contributed by atoms with van der Waals surface area (Å²) in [5, 5.41) is 3.50. The van der Waals surface area contributed by atoms with Gasteiger partial charge in [-0.2, -0.15) is 4.98 Å². The molecule has 0 spiro atoms. The van der Waals surface area contributed by atoms with Crippen LogP contribution in [0.2, 0.25) is 0 Å². The van der Waals surface area contributed by atoms with Gasteiger partial charge in [0, 0.05) is 12.1 Å². The van der Waals surface area contributed by atoms with Gasteiger partial charge in [0.15, 0.2) is 0 Å². The van der Waals surface area contributed by atoms with Crippen molar-refractivity contribution in [1.82, 2.24) is 9.97 Å². The van der Waals surface area contributed by atoms with Gasteiger partial charge in [-0.3, -0.25) is 0 Å². The first-order chi connectivity index (χ1) is 8.69. The lowest BCUT2D eigenvalue weighted by molar-refractivity contribution is 0.395. The zero-order valence-electron chi connectivity index (χ0n) is 12.0. The minimum atomic E-state index is 0.494. The van der Waals surface area contributed by atoms with E-state index in [1.807, 2.05) is 13.0 Å². The molecule has 102 valence electrons. The Morgan fingerprint density at radius 3 is 2.61 bits per heavy atom. The van der Waals surface area contributed by atoms with Crippen LogP contribution in [0.4, 0.5) is 5.82 Å². The first-order valence-corrected chi connectivity index (χ1v) is 6.85. The van der Waals surface area contributed by atoms with Crippen LogP contribution in [0.5, 0.6) is 5.88 Å². The maximum Gasteiger partial charge on any atom is 0.218 e. The van der Waals surface area contributed by atoms with Crippen molar-refractivity contribution in [1.29, 1.82) is 0 Å². The van der Waals surface area contributed by atoms with E-state index in [4.69, 9.17) is 4.74 Å². The molecule has 0 fully saturated rings. The van der Waals surface area contributed by atoms with Crippen molar-refractivity contribution in [3.8, 4) is 5.88 Å². The Kier molecular flexibility index (Phi) is 6.47. The number of nitrogens with one attached hydrogen (secondary N) is 1. The predicted molar refractivity (Wildman–Crippen MR) is 75.2 cm³/mol. The molecule has 1 aromatic heterocycles. The van der Waals surface area contributed by atoms with Crippen LogP contribution in [0.15, 0.2) is 6.07 Å². The standard InChI is InChI=1S/C14H25N3O/c1-5-7-9-12(8-6-2)17-13-10-14(18-4)16-11(3)15-13/h10,12H,5-9H2,1-4H3,(H,15,16,17). The molecule has 1 N–H and O–H groups in total. The molecule has 1 heterocycles. The van der Waals surface area contributed by atoms with Gasteiger partial charge in [0.2, 0.25) is 5.88 Å². The molecule has 0 aromatic carbocycles. The van der Waals surface area contributed by atoms with Crippen molar-refractivity contribution in [2.24, 2.45) is 0 Å². The highest BCUT2D eigenvalue weighted by atomic mass is 16.5. The van der Waals surface area contributed by atoms with Gasteiger partial charge >= 0.3 is 0 Å². The molecular weight excluding hydrogens is 226 g/mol. The molecular formula is C14H25N3O. The molecule has 1 aromatic rings. The van der Waals surface area contributed by atoms with Crippen molar-refractivity contribution in [2.45, 2.75) is 58.9 Å². The first kappa shape index (κ1) is 14.7. The lowest BCUT2D eigenvalue weighted by atomic mass is 10.1. The van der Waals surface area contributed by atoms with Gasteiger partial charge in [-0.25, -0.2) is 4.98 Å². The van der Waals surface area contributed by atoms with Crippen LogP contribution >= 0.6 is 0 Å². The number of rotatable bonds is 8. The summed E-state index contributed by atoms with van der Waals surface area (Å²) in [6, 6.07) is 2.36. The van der Waals surface area contributed by atoms with Crippen LogP contribution in [0.3, 0.4) is 0 Å². The van der Waals surface area contributed by atoms with Gasteiger partial charge in [-0.15, -0.1) is 0 Å². The summed E-state index contributed by atoms with van der Waals surface area (Å²) in [4.78, 5) is 8.60. The number of aryl methyl sites for hydroxylation is 1. The molecule has 0 amide bonds. The molecule has 0 radical (unpaired) electrons. The number of aromatic nitrogens is 2. The third-order valence-electron chi connectivity index (χ3n) is 2.92. The van der Waals surface area contributed by atoms with Crippen LogP contribution in [0.25, 0.3) is 0 Å². The minimum absolute atomic E-state index is 0.494. The van der Waals surface area contributed by atoms with Gasteiger partial charge in [0.1, 0.15) is 11.6 Å². The lowest BCUT2D eigenvalue weighted by Gasteiger charge is -2.18. The normalized spacial score (nSPS) is 12.2. The Labute approximate surface area is 110 Å². The van der Waals surface area contributed by atoms with E-state index >= 15 is 0 Å². The van der Waals surface area contributed by atoms with E-state index in [2.05, 4.69) is 29.1 Å². The lowest BCUT2D eigenvalue weighted by Crippen LogP contribution is -2.20. The molecule has 0 aliphatic heterocycles. The Morgan fingerprint density at radius 2 is 2.00 bits per heavy atom. The molecule has 1 rings (SSSR count). The summed E-state index contributed by atoms with van der Waals surface area (Å²) in [5.41, 5.74) is 0. The number of ether oxygens (including phenoxy) is 1. The number of nitrogens with zero attached hydrogens (tertiary/aromatic N) is 2. The van der Waals surface area contributed by atoms with E-state index in [9.17, 15) is 0 Å². The zero-order valence-corrected chi connectivity index (χ0v) is 12.0. The number of anilines is 1. The van der Waals surface area contributed by atoms with E-state index in [-0.39, 0.29) is 0 Å². The van der Waals surface area contributed by atoms with Crippen LogP contribution in [0, 0.1) is 6.92 Å². The SMILES string of the molecule is CCCCC(CCC)Nc1cc(OC)nc(C)n1. The number of hydrogen-bond donors (Lipinski definition) is 1. The van der Waals surface area contributed by atoms with Crippen LogP contribution in [0.1, 0.15) is 51.8 Å². The van der Waals surface area contributed by atoms with Gasteiger partial charge in [0.05, 0.1) is 7.11 Å². The summed E-state index contributed by atoms with van der Waals surface area (Å²) < 4.78 is 5.17. The quantitative estimate of drug-likeness (QED) is 0.767. The van der Waals surface area contributed by atoms with E-state index in [1.165, 1.54) is 32.1 Å². The Bertz CT molecular complexity index is 355. The first-order valence-electron chi connectivity index (χ1n) is 6.85. The van der Waals surface area contributed by atoms with Crippen LogP contribution in [-0.4, -0.2) is 23.1 Å². The monoisotopic (exact) mass is 251 g/mol. The number of unbranched alkanes of at least 4 members (excludes halogenated alkanes) is 1. The topological polar surface area (TPSA) is 47.0 Å². The molecule has 1 unspecified atom stereocenters. The second-order valence-corrected chi connectivity index (χ2v) is 4.61. The third kappa shape index (κ3) is 4.90. The van der Waals surface area contributed by atoms with Gasteiger partial charge < -0.3 is 10.1 Å². The highest BCUT2D eigenvalue weighted by Crippen LogP contribution is 2.17. The molecule has 0 aliphatic rings. The summed E-state index contributed by atoms with van der Waals surface area (Å²) in [6.07, 6.45) is 6.02. The maximum absolute atomic E-state index is 5.17. The predicted octanol–water partition coefficient (Wildman–Crippen LogP) is 3.56. The molecule has 0 saturated heterocycles. The smallest absolute Gasteiger partial charge is 0.218 e. The summed E-state index contributed by atoms with van der Waals surface area (Å²) in [6.45, 7) is 6.32. The maximum atomic E-state index is 5.17. The van der Waals surface area contributed by atoms with Crippen molar-refractivity contribution in [3.63, 3.8) is 0 Å². The Morgan fingerprint density at radius 1 is 1.22 bits per heavy atom. The van der Waals surface area contributed by atoms with Gasteiger partial charge in [-0.05, 0) is 19.8 Å². The molecule has 4 nitrogen and oxygen atoms in total. The van der Waals surface area contributed by atoms with Crippen LogP contribution in [-0.2, 0) is 0 Å². The fraction of sp³-hybridized carbons (Fsp3) is 0.714. The van der Waals surface area contributed by atoms with Crippen molar-refractivity contribution >= 4 is 5.82 Å².